The van der Waals surface area contributed by atoms with Crippen molar-refractivity contribution in [2.24, 2.45) is 5.92 Å². The molecule has 0 bridgehead atoms. The summed E-state index contributed by atoms with van der Waals surface area (Å²) in [5.74, 6) is -0.333. The minimum absolute atomic E-state index is 0.0461. The Labute approximate surface area is 254 Å². The van der Waals surface area contributed by atoms with Gasteiger partial charge in [0, 0.05) is 23.3 Å². The van der Waals surface area contributed by atoms with Gasteiger partial charge in [-0.2, -0.15) is 0 Å². The fourth-order valence-corrected chi connectivity index (χ4v) is 6.33. The van der Waals surface area contributed by atoms with Crippen molar-refractivity contribution in [1.29, 1.82) is 0 Å². The summed E-state index contributed by atoms with van der Waals surface area (Å²) >= 11 is 0. The van der Waals surface area contributed by atoms with E-state index in [1.54, 1.807) is 12.0 Å². The normalized spacial score (nSPS) is 20.3. The van der Waals surface area contributed by atoms with Crippen LogP contribution in [0.1, 0.15) is 83.4 Å². The number of esters is 2. The lowest BCUT2D eigenvalue weighted by atomic mass is 9.87. The minimum Gasteiger partial charge on any atom is -0.497 e. The molecule has 2 aliphatic heterocycles. The van der Waals surface area contributed by atoms with Gasteiger partial charge in [-0.1, -0.05) is 18.9 Å². The fraction of sp³-hybridized carbons (Fsp3) is 0.588. The standard InChI is InChI=1S/C34H46N2O7/c1-8-9-10-11-12-13-23(18-29(37)42-33(3,4)5)31(38)36-21-34(20-28(36)32(39)41-7)17-16-25-26-19-24(40-6)14-15-27(26)35-22(2)30(25)43-34/h8,14-15,19,23,28H,1,9-13,16-18,20-21H2,2-7H3/t23-,28+,34-/m1/s1. The van der Waals surface area contributed by atoms with Gasteiger partial charge in [0.15, 0.2) is 0 Å². The van der Waals surface area contributed by atoms with Gasteiger partial charge in [0.05, 0.1) is 38.4 Å². The lowest BCUT2D eigenvalue weighted by molar-refractivity contribution is -0.159. The number of aryl methyl sites for hydroxylation is 2. The van der Waals surface area contributed by atoms with Crippen molar-refractivity contribution in [3.05, 3.63) is 42.1 Å². The number of fused-ring (bicyclic) bond motifs is 3. The molecule has 1 spiro atoms. The first-order valence-corrected chi connectivity index (χ1v) is 15.3. The topological polar surface area (TPSA) is 104 Å². The van der Waals surface area contributed by atoms with Gasteiger partial charge in [0.1, 0.15) is 28.7 Å². The Bertz CT molecular complexity index is 1360. The van der Waals surface area contributed by atoms with Crippen LogP contribution in [0.25, 0.3) is 10.9 Å². The van der Waals surface area contributed by atoms with Crippen molar-refractivity contribution >= 4 is 28.7 Å². The van der Waals surface area contributed by atoms with Gasteiger partial charge in [-0.15, -0.1) is 6.58 Å². The molecule has 4 rings (SSSR count). The highest BCUT2D eigenvalue weighted by Crippen LogP contribution is 2.45. The Morgan fingerprint density at radius 1 is 1.21 bits per heavy atom. The number of nitrogens with zero attached hydrogens (tertiary/aromatic N) is 2. The van der Waals surface area contributed by atoms with Crippen LogP contribution in [-0.2, 0) is 30.3 Å². The second-order valence-corrected chi connectivity index (χ2v) is 12.8. The van der Waals surface area contributed by atoms with E-state index in [0.717, 1.165) is 53.6 Å². The fourth-order valence-electron chi connectivity index (χ4n) is 6.33. The predicted octanol–water partition coefficient (Wildman–Crippen LogP) is 5.87. The maximum atomic E-state index is 14.2. The van der Waals surface area contributed by atoms with Crippen LogP contribution in [0.3, 0.4) is 0 Å². The zero-order valence-corrected chi connectivity index (χ0v) is 26.5. The summed E-state index contributed by atoms with van der Waals surface area (Å²) in [6.07, 6.45) is 7.54. The van der Waals surface area contributed by atoms with Crippen LogP contribution in [0.5, 0.6) is 11.5 Å². The summed E-state index contributed by atoms with van der Waals surface area (Å²) in [7, 11) is 2.97. The summed E-state index contributed by atoms with van der Waals surface area (Å²) in [5, 5.41) is 0.971. The molecule has 234 valence electrons. The number of hydrogen-bond acceptors (Lipinski definition) is 8. The lowest BCUT2D eigenvalue weighted by Crippen LogP contribution is -2.46. The zero-order valence-electron chi connectivity index (χ0n) is 26.5. The van der Waals surface area contributed by atoms with E-state index in [4.69, 9.17) is 23.9 Å². The number of allylic oxidation sites excluding steroid dienone is 1. The van der Waals surface area contributed by atoms with Crippen molar-refractivity contribution in [3.63, 3.8) is 0 Å². The molecular weight excluding hydrogens is 548 g/mol. The van der Waals surface area contributed by atoms with Crippen molar-refractivity contribution in [2.45, 2.75) is 103 Å². The number of carbonyl (C=O) groups is 3. The van der Waals surface area contributed by atoms with E-state index in [-0.39, 0.29) is 18.9 Å². The smallest absolute Gasteiger partial charge is 0.328 e. The van der Waals surface area contributed by atoms with Gasteiger partial charge < -0.3 is 23.8 Å². The largest absolute Gasteiger partial charge is 0.497 e. The number of hydrogen-bond donors (Lipinski definition) is 0. The highest BCUT2D eigenvalue weighted by molar-refractivity contribution is 5.89. The average Bonchev–Trinajstić information content (AvgIpc) is 3.33. The third-order valence-corrected chi connectivity index (χ3v) is 8.37. The number of pyridine rings is 1. The van der Waals surface area contributed by atoms with E-state index in [0.29, 0.717) is 31.4 Å². The van der Waals surface area contributed by atoms with Crippen molar-refractivity contribution in [3.8, 4) is 11.5 Å². The number of methoxy groups -OCH3 is 2. The predicted molar refractivity (Wildman–Crippen MR) is 164 cm³/mol. The molecule has 3 atom stereocenters. The summed E-state index contributed by atoms with van der Waals surface area (Å²) in [6.45, 7) is 11.3. The first kappa shape index (κ1) is 32.3. The minimum atomic E-state index is -0.810. The monoisotopic (exact) mass is 594 g/mol. The molecule has 0 N–H and O–H groups in total. The molecule has 0 saturated carbocycles. The molecule has 3 heterocycles. The third-order valence-electron chi connectivity index (χ3n) is 8.37. The van der Waals surface area contributed by atoms with E-state index in [1.165, 1.54) is 7.11 Å². The third kappa shape index (κ3) is 7.48. The van der Waals surface area contributed by atoms with E-state index in [9.17, 15) is 14.4 Å². The van der Waals surface area contributed by atoms with E-state index >= 15 is 0 Å². The number of unbranched alkanes of at least 4 members (excludes halogenated alkanes) is 3. The molecule has 2 aliphatic rings. The molecule has 1 saturated heterocycles. The number of amides is 1. The summed E-state index contributed by atoms with van der Waals surface area (Å²) in [5.41, 5.74) is 1.23. The Hall–Kier alpha value is -3.62. The van der Waals surface area contributed by atoms with Gasteiger partial charge in [0.2, 0.25) is 5.91 Å². The number of carbonyl (C=O) groups excluding carboxylic acids is 3. The van der Waals surface area contributed by atoms with Gasteiger partial charge in [-0.05, 0) is 78.0 Å². The second-order valence-electron chi connectivity index (χ2n) is 12.8. The maximum Gasteiger partial charge on any atom is 0.328 e. The first-order chi connectivity index (χ1) is 20.4. The SMILES string of the molecule is C=CCCCCC[C@H](CC(=O)OC(C)(C)C)C(=O)N1C[C@@]2(CCc3c(c(C)nc4ccc(OC)cc34)O2)C[C@H]1C(=O)OC. The highest BCUT2D eigenvalue weighted by Gasteiger charge is 2.53. The van der Waals surface area contributed by atoms with Crippen LogP contribution in [-0.4, -0.2) is 65.7 Å². The second kappa shape index (κ2) is 13.3. The lowest BCUT2D eigenvalue weighted by Gasteiger charge is -2.36. The number of ether oxygens (including phenoxy) is 4. The quantitative estimate of drug-likeness (QED) is 0.181. The Kier molecular flexibility index (Phi) is 10.0. The van der Waals surface area contributed by atoms with Crippen molar-refractivity contribution in [2.75, 3.05) is 20.8 Å². The van der Waals surface area contributed by atoms with Crippen molar-refractivity contribution in [1.82, 2.24) is 9.88 Å². The molecule has 0 radical (unpaired) electrons. The molecule has 1 fully saturated rings. The molecular formula is C34H46N2O7. The summed E-state index contributed by atoms with van der Waals surface area (Å²) in [6, 6.07) is 4.99. The summed E-state index contributed by atoms with van der Waals surface area (Å²) < 4.78 is 22.9. The number of aromatic nitrogens is 1. The molecule has 1 aromatic heterocycles. The number of rotatable bonds is 11. The molecule has 43 heavy (non-hydrogen) atoms. The van der Waals surface area contributed by atoms with Crippen LogP contribution >= 0.6 is 0 Å². The van der Waals surface area contributed by atoms with Crippen LogP contribution in [0.2, 0.25) is 0 Å². The van der Waals surface area contributed by atoms with Gasteiger partial charge in [0.25, 0.3) is 0 Å². The number of likely N-dealkylation sites (tertiary alicyclic amines) is 1. The molecule has 9 heteroatoms. The van der Waals surface area contributed by atoms with Crippen LogP contribution < -0.4 is 9.47 Å². The first-order valence-electron chi connectivity index (χ1n) is 15.3. The highest BCUT2D eigenvalue weighted by atomic mass is 16.6. The molecule has 1 amide bonds. The molecule has 0 aliphatic carbocycles. The van der Waals surface area contributed by atoms with E-state index in [2.05, 4.69) is 6.58 Å². The zero-order chi connectivity index (χ0) is 31.4. The molecule has 9 nitrogen and oxygen atoms in total. The van der Waals surface area contributed by atoms with Crippen molar-refractivity contribution < 1.29 is 33.3 Å². The van der Waals surface area contributed by atoms with Crippen LogP contribution in [0.4, 0.5) is 0 Å². The van der Waals surface area contributed by atoms with Crippen LogP contribution in [0.15, 0.2) is 30.9 Å². The Morgan fingerprint density at radius 3 is 2.65 bits per heavy atom. The maximum absolute atomic E-state index is 14.2. The van der Waals surface area contributed by atoms with Gasteiger partial charge >= 0.3 is 11.9 Å². The Balaban J connectivity index is 1.61. The average molecular weight is 595 g/mol. The molecule has 2 aromatic rings. The summed E-state index contributed by atoms with van der Waals surface area (Å²) in [4.78, 5) is 46.5. The van der Waals surface area contributed by atoms with Gasteiger partial charge in [-0.25, -0.2) is 9.78 Å². The van der Waals surface area contributed by atoms with Crippen LogP contribution in [0, 0.1) is 12.8 Å². The van der Waals surface area contributed by atoms with E-state index in [1.807, 2.05) is 52.0 Å². The Morgan fingerprint density at radius 2 is 1.98 bits per heavy atom. The molecule has 1 aromatic carbocycles. The van der Waals surface area contributed by atoms with E-state index < -0.39 is 35.1 Å². The number of benzene rings is 1. The molecule has 0 unspecified atom stereocenters. The van der Waals surface area contributed by atoms with Gasteiger partial charge in [-0.3, -0.25) is 9.59 Å².